The minimum absolute atomic E-state index is 0.00918. The Labute approximate surface area is 176 Å². The van der Waals surface area contributed by atoms with Crippen LogP contribution in [-0.4, -0.2) is 46.4 Å². The largest absolute Gasteiger partial charge is 0.396 e. The second kappa shape index (κ2) is 11.2. The van der Waals surface area contributed by atoms with Gasteiger partial charge in [0.1, 0.15) is 5.78 Å². The van der Waals surface area contributed by atoms with Gasteiger partial charge in [-0.2, -0.15) is 0 Å². The van der Waals surface area contributed by atoms with Crippen LogP contribution in [-0.2, 0) is 9.36 Å². The zero-order valence-corrected chi connectivity index (χ0v) is 19.2. The SMILES string of the molecule is CCC1(C(O)C/C=C/C2C(CO)CC(=O)C2CCCCCCP(C)(=O)O)CCC1. The number of Topliss-reactive ketones (excluding diaryl/α,β-unsaturated/α-hetero) is 1. The topological polar surface area (TPSA) is 94.8 Å². The maximum absolute atomic E-state index is 12.5. The lowest BCUT2D eigenvalue weighted by molar-refractivity contribution is -0.121. The standard InChI is InChI=1S/C23H41O5P/c1-3-23(13-9-14-23)22(26)12-8-11-19-18(17-24)16-21(25)20(19)10-6-4-5-7-15-29(2,27)28/h8,11,18-20,22,24,26H,3-7,9-10,12-17H2,1-2H3,(H,27,28)/b11-8+. The molecule has 0 amide bonds. The summed E-state index contributed by atoms with van der Waals surface area (Å²) in [5.41, 5.74) is 0.0859. The van der Waals surface area contributed by atoms with E-state index in [0.29, 0.717) is 19.0 Å². The highest BCUT2D eigenvalue weighted by Gasteiger charge is 2.42. The van der Waals surface area contributed by atoms with Gasteiger partial charge in [-0.3, -0.25) is 9.36 Å². The molecule has 0 heterocycles. The minimum atomic E-state index is -2.91. The first-order valence-corrected chi connectivity index (χ1v) is 13.8. The van der Waals surface area contributed by atoms with Gasteiger partial charge in [0.25, 0.3) is 0 Å². The van der Waals surface area contributed by atoms with E-state index in [1.54, 1.807) is 0 Å². The number of aliphatic hydroxyl groups excluding tert-OH is 2. The van der Waals surface area contributed by atoms with Gasteiger partial charge >= 0.3 is 0 Å². The smallest absolute Gasteiger partial charge is 0.197 e. The van der Waals surface area contributed by atoms with Crippen LogP contribution in [0.3, 0.4) is 0 Å². The zero-order valence-electron chi connectivity index (χ0n) is 18.3. The molecule has 0 aromatic rings. The number of ketones is 1. The Hall–Kier alpha value is -0.480. The average molecular weight is 429 g/mol. The van der Waals surface area contributed by atoms with E-state index < -0.39 is 7.37 Å². The second-order valence-corrected chi connectivity index (χ2v) is 12.1. The van der Waals surface area contributed by atoms with Crippen molar-refractivity contribution >= 4 is 13.2 Å². The molecule has 6 heteroatoms. The van der Waals surface area contributed by atoms with Crippen LogP contribution in [0.25, 0.3) is 0 Å². The van der Waals surface area contributed by atoms with Gasteiger partial charge in [0.2, 0.25) is 0 Å². The lowest BCUT2D eigenvalue weighted by Gasteiger charge is -2.45. The van der Waals surface area contributed by atoms with Crippen LogP contribution < -0.4 is 0 Å². The molecule has 5 nitrogen and oxygen atoms in total. The summed E-state index contributed by atoms with van der Waals surface area (Å²) in [6.07, 6.45) is 14.0. The summed E-state index contributed by atoms with van der Waals surface area (Å²) in [4.78, 5) is 21.8. The van der Waals surface area contributed by atoms with Crippen molar-refractivity contribution in [2.45, 2.75) is 83.7 Å². The number of carbonyl (C=O) groups excluding carboxylic acids is 1. The molecule has 0 aliphatic heterocycles. The molecule has 5 unspecified atom stereocenters. The van der Waals surface area contributed by atoms with E-state index in [0.717, 1.165) is 51.4 Å². The van der Waals surface area contributed by atoms with Crippen molar-refractivity contribution < 1.29 is 24.5 Å². The Bertz CT molecular complexity index is 587. The quantitative estimate of drug-likeness (QED) is 0.227. The summed E-state index contributed by atoms with van der Waals surface area (Å²) in [6.45, 7) is 3.58. The first kappa shape index (κ1) is 24.8. The summed E-state index contributed by atoms with van der Waals surface area (Å²) < 4.78 is 11.3. The van der Waals surface area contributed by atoms with Crippen LogP contribution in [0.5, 0.6) is 0 Å². The summed E-state index contributed by atoms with van der Waals surface area (Å²) in [5.74, 6) is 0.258. The first-order chi connectivity index (χ1) is 13.7. The maximum Gasteiger partial charge on any atom is 0.197 e. The highest BCUT2D eigenvalue weighted by atomic mass is 31.2. The van der Waals surface area contributed by atoms with E-state index in [2.05, 4.69) is 13.0 Å². The van der Waals surface area contributed by atoms with Crippen molar-refractivity contribution in [3.63, 3.8) is 0 Å². The lowest BCUT2D eigenvalue weighted by Crippen LogP contribution is -2.40. The van der Waals surface area contributed by atoms with Crippen molar-refractivity contribution in [3.8, 4) is 0 Å². The second-order valence-electron chi connectivity index (χ2n) is 9.52. The predicted octanol–water partition coefficient (Wildman–Crippen LogP) is 4.54. The molecule has 2 aliphatic carbocycles. The van der Waals surface area contributed by atoms with E-state index in [9.17, 15) is 24.5 Å². The van der Waals surface area contributed by atoms with Crippen LogP contribution >= 0.6 is 7.37 Å². The molecule has 2 aliphatic rings. The van der Waals surface area contributed by atoms with Crippen LogP contribution in [0.15, 0.2) is 12.2 Å². The van der Waals surface area contributed by atoms with Crippen LogP contribution in [0.1, 0.15) is 77.6 Å². The first-order valence-electron chi connectivity index (χ1n) is 11.5. The van der Waals surface area contributed by atoms with E-state index >= 15 is 0 Å². The molecule has 5 atom stereocenters. The highest BCUT2D eigenvalue weighted by molar-refractivity contribution is 7.57. The molecule has 0 aromatic carbocycles. The fourth-order valence-electron chi connectivity index (χ4n) is 5.21. The molecule has 0 radical (unpaired) electrons. The van der Waals surface area contributed by atoms with Gasteiger partial charge in [0.15, 0.2) is 7.37 Å². The monoisotopic (exact) mass is 428 g/mol. The molecule has 2 fully saturated rings. The van der Waals surface area contributed by atoms with Crippen LogP contribution in [0, 0.1) is 23.2 Å². The van der Waals surface area contributed by atoms with Crippen molar-refractivity contribution in [3.05, 3.63) is 12.2 Å². The van der Waals surface area contributed by atoms with Gasteiger partial charge < -0.3 is 15.1 Å². The normalized spacial score (nSPS) is 29.7. The Kier molecular flexibility index (Phi) is 9.60. The number of hydrogen-bond donors (Lipinski definition) is 3. The molecule has 2 rings (SSSR count). The molecule has 168 valence electrons. The van der Waals surface area contributed by atoms with Gasteiger partial charge in [0.05, 0.1) is 6.10 Å². The molecular weight excluding hydrogens is 387 g/mol. The van der Waals surface area contributed by atoms with E-state index in [-0.39, 0.29) is 41.7 Å². The predicted molar refractivity (Wildman–Crippen MR) is 117 cm³/mol. The van der Waals surface area contributed by atoms with E-state index in [4.69, 9.17) is 0 Å². The highest BCUT2D eigenvalue weighted by Crippen LogP contribution is 2.48. The van der Waals surface area contributed by atoms with Crippen LogP contribution in [0.4, 0.5) is 0 Å². The Morgan fingerprint density at radius 2 is 1.93 bits per heavy atom. The molecule has 2 saturated carbocycles. The van der Waals surface area contributed by atoms with Gasteiger partial charge in [-0.15, -0.1) is 0 Å². The third-order valence-corrected chi connectivity index (χ3v) is 8.58. The van der Waals surface area contributed by atoms with Crippen molar-refractivity contribution in [1.82, 2.24) is 0 Å². The number of carbonyl (C=O) groups is 1. The minimum Gasteiger partial charge on any atom is -0.396 e. The molecule has 0 spiro atoms. The average Bonchev–Trinajstić information content (AvgIpc) is 2.92. The third kappa shape index (κ3) is 7.02. The fraction of sp³-hybridized carbons (Fsp3) is 0.870. The van der Waals surface area contributed by atoms with Gasteiger partial charge in [-0.1, -0.05) is 44.8 Å². The van der Waals surface area contributed by atoms with Gasteiger partial charge in [0, 0.05) is 31.8 Å². The number of aliphatic hydroxyl groups is 2. The van der Waals surface area contributed by atoms with Gasteiger partial charge in [-0.05, 0) is 55.8 Å². The van der Waals surface area contributed by atoms with Crippen molar-refractivity contribution in [2.24, 2.45) is 23.2 Å². The van der Waals surface area contributed by atoms with Crippen molar-refractivity contribution in [2.75, 3.05) is 19.4 Å². The third-order valence-electron chi connectivity index (χ3n) is 7.44. The Balaban J connectivity index is 1.83. The molecule has 0 saturated heterocycles. The number of rotatable bonds is 13. The molecule has 3 N–H and O–H groups in total. The summed E-state index contributed by atoms with van der Waals surface area (Å²) in [5, 5.41) is 20.3. The van der Waals surface area contributed by atoms with E-state index in [1.807, 2.05) is 6.08 Å². The molecule has 0 bridgehead atoms. The Morgan fingerprint density at radius 3 is 2.48 bits per heavy atom. The number of unbranched alkanes of at least 4 members (excludes halogenated alkanes) is 3. The molecular formula is C23H41O5P. The van der Waals surface area contributed by atoms with E-state index in [1.165, 1.54) is 13.1 Å². The summed E-state index contributed by atoms with van der Waals surface area (Å²) >= 11 is 0. The summed E-state index contributed by atoms with van der Waals surface area (Å²) in [6, 6.07) is 0. The zero-order chi connectivity index (χ0) is 21.5. The van der Waals surface area contributed by atoms with Crippen LogP contribution in [0.2, 0.25) is 0 Å². The molecule has 0 aromatic heterocycles. The lowest BCUT2D eigenvalue weighted by atomic mass is 9.63. The maximum atomic E-state index is 12.5. The molecule has 29 heavy (non-hydrogen) atoms. The van der Waals surface area contributed by atoms with Crippen molar-refractivity contribution in [1.29, 1.82) is 0 Å². The number of allylic oxidation sites excluding steroid dienone is 1. The number of hydrogen-bond acceptors (Lipinski definition) is 4. The summed E-state index contributed by atoms with van der Waals surface area (Å²) in [7, 11) is -2.91. The Morgan fingerprint density at radius 1 is 1.24 bits per heavy atom. The van der Waals surface area contributed by atoms with Gasteiger partial charge in [-0.25, -0.2) is 0 Å². The fourth-order valence-corrected chi connectivity index (χ4v) is 6.02.